The van der Waals surface area contributed by atoms with E-state index in [1.807, 2.05) is 36.4 Å². The van der Waals surface area contributed by atoms with Crippen LogP contribution in [0.5, 0.6) is 0 Å². The second kappa shape index (κ2) is 7.21. The molecular formula is C19H23N7. The summed E-state index contributed by atoms with van der Waals surface area (Å²) in [5.74, 6) is 2.25. The number of fused-ring (bicyclic) bond motifs is 1. The first-order valence-corrected chi connectivity index (χ1v) is 8.95. The first kappa shape index (κ1) is 16.7. The summed E-state index contributed by atoms with van der Waals surface area (Å²) < 4.78 is 0. The van der Waals surface area contributed by atoms with Crippen LogP contribution in [0.25, 0.3) is 10.9 Å². The van der Waals surface area contributed by atoms with Crippen LogP contribution in [-0.4, -0.2) is 51.2 Å². The maximum atomic E-state index is 6.12. The molecule has 0 saturated carbocycles. The van der Waals surface area contributed by atoms with Crippen molar-refractivity contribution in [1.82, 2.24) is 25.1 Å². The summed E-state index contributed by atoms with van der Waals surface area (Å²) in [5.41, 5.74) is 7.01. The highest BCUT2D eigenvalue weighted by atomic mass is 15.3. The Balaban J connectivity index is 1.48. The van der Waals surface area contributed by atoms with Crippen LogP contribution >= 0.6 is 0 Å². The molecular weight excluding hydrogens is 326 g/mol. The monoisotopic (exact) mass is 349 g/mol. The summed E-state index contributed by atoms with van der Waals surface area (Å²) in [6.45, 7) is 2.62. The van der Waals surface area contributed by atoms with E-state index < -0.39 is 0 Å². The molecule has 3 aromatic rings. The smallest absolute Gasteiger partial charge is 0.151 e. The molecule has 1 aliphatic rings. The van der Waals surface area contributed by atoms with Crippen molar-refractivity contribution in [2.24, 2.45) is 0 Å². The average Bonchev–Trinajstić information content (AvgIpc) is 2.69. The Morgan fingerprint density at radius 3 is 2.92 bits per heavy atom. The van der Waals surface area contributed by atoms with E-state index in [-0.39, 0.29) is 0 Å². The van der Waals surface area contributed by atoms with Gasteiger partial charge < -0.3 is 10.6 Å². The van der Waals surface area contributed by atoms with Crippen LogP contribution in [0.15, 0.2) is 42.6 Å². The molecule has 0 amide bonds. The van der Waals surface area contributed by atoms with Crippen molar-refractivity contribution in [3.05, 3.63) is 48.4 Å². The molecule has 1 atom stereocenters. The summed E-state index contributed by atoms with van der Waals surface area (Å²) in [6.07, 6.45) is 3.99. The zero-order valence-electron chi connectivity index (χ0n) is 14.9. The van der Waals surface area contributed by atoms with Gasteiger partial charge in [0.25, 0.3) is 0 Å². The number of rotatable bonds is 4. The summed E-state index contributed by atoms with van der Waals surface area (Å²) in [5, 5.41) is 9.15. The van der Waals surface area contributed by atoms with E-state index in [0.717, 1.165) is 48.5 Å². The fourth-order valence-corrected chi connectivity index (χ4v) is 3.56. The molecule has 7 nitrogen and oxygen atoms in total. The molecule has 7 heteroatoms. The van der Waals surface area contributed by atoms with Crippen LogP contribution in [0.3, 0.4) is 0 Å². The molecule has 1 aliphatic heterocycles. The molecule has 2 aromatic heterocycles. The molecule has 1 saturated heterocycles. The normalized spacial score (nSPS) is 17.8. The van der Waals surface area contributed by atoms with E-state index in [1.54, 1.807) is 6.20 Å². The fourth-order valence-electron chi connectivity index (χ4n) is 3.56. The molecule has 0 spiro atoms. The van der Waals surface area contributed by atoms with Crippen molar-refractivity contribution >= 4 is 22.5 Å². The Labute approximate surface area is 152 Å². The van der Waals surface area contributed by atoms with E-state index in [2.05, 4.69) is 37.0 Å². The van der Waals surface area contributed by atoms with Gasteiger partial charge in [-0.1, -0.05) is 12.1 Å². The van der Waals surface area contributed by atoms with E-state index in [9.17, 15) is 0 Å². The van der Waals surface area contributed by atoms with Gasteiger partial charge in [-0.3, -0.25) is 4.90 Å². The van der Waals surface area contributed by atoms with Gasteiger partial charge in [-0.2, -0.15) is 5.10 Å². The minimum absolute atomic E-state index is 0.419. The molecule has 4 rings (SSSR count). The second-order valence-corrected chi connectivity index (χ2v) is 6.78. The van der Waals surface area contributed by atoms with Gasteiger partial charge in [0.2, 0.25) is 0 Å². The number of piperidine rings is 1. The number of nitrogen functional groups attached to an aromatic ring is 1. The average molecular weight is 349 g/mol. The number of benzene rings is 1. The van der Waals surface area contributed by atoms with Gasteiger partial charge in [0.05, 0.1) is 12.1 Å². The summed E-state index contributed by atoms with van der Waals surface area (Å²) in [6, 6.07) is 12.2. The van der Waals surface area contributed by atoms with Crippen LogP contribution < -0.4 is 10.6 Å². The van der Waals surface area contributed by atoms with Gasteiger partial charge in [0.15, 0.2) is 5.82 Å². The molecule has 1 aromatic carbocycles. The first-order chi connectivity index (χ1) is 12.7. The van der Waals surface area contributed by atoms with Crippen LogP contribution in [0.4, 0.5) is 11.6 Å². The summed E-state index contributed by atoms with van der Waals surface area (Å²) >= 11 is 0. The molecule has 0 bridgehead atoms. The largest absolute Gasteiger partial charge is 0.383 e. The number of nitrogens with two attached hydrogens (primary N) is 1. The number of nitrogens with zero attached hydrogens (tertiary/aromatic N) is 6. The van der Waals surface area contributed by atoms with E-state index in [4.69, 9.17) is 5.73 Å². The molecule has 26 heavy (non-hydrogen) atoms. The SMILES string of the molecule is CN(Cc1nc(N)c2ccccc2n1)[C@@H]1CCCN(c2cccnn2)C1. The first-order valence-electron chi connectivity index (χ1n) is 8.95. The lowest BCUT2D eigenvalue weighted by atomic mass is 10.0. The van der Waals surface area contributed by atoms with Crippen molar-refractivity contribution in [2.45, 2.75) is 25.4 Å². The Bertz CT molecular complexity index is 883. The van der Waals surface area contributed by atoms with E-state index in [0.29, 0.717) is 18.4 Å². The van der Waals surface area contributed by atoms with Gasteiger partial charge >= 0.3 is 0 Å². The molecule has 2 N–H and O–H groups in total. The van der Waals surface area contributed by atoms with Crippen LogP contribution in [0.2, 0.25) is 0 Å². The standard InChI is InChI=1S/C19H23N7/c1-25(13-17-22-16-8-3-2-7-15(16)19(20)23-17)14-6-5-11-26(12-14)18-9-4-10-21-24-18/h2-4,7-10,14H,5-6,11-13H2,1H3,(H2,20,22,23)/t14-/m1/s1. The third kappa shape index (κ3) is 3.43. The topological polar surface area (TPSA) is 84.1 Å². The Kier molecular flexibility index (Phi) is 4.62. The van der Waals surface area contributed by atoms with Gasteiger partial charge in [0, 0.05) is 30.7 Å². The molecule has 3 heterocycles. The Morgan fingerprint density at radius 1 is 1.19 bits per heavy atom. The predicted octanol–water partition coefficient (Wildman–Crippen LogP) is 2.10. The van der Waals surface area contributed by atoms with Crippen molar-refractivity contribution in [3.8, 4) is 0 Å². The summed E-state index contributed by atoms with van der Waals surface area (Å²) in [7, 11) is 2.12. The van der Waals surface area contributed by atoms with Gasteiger partial charge in [-0.25, -0.2) is 9.97 Å². The quantitative estimate of drug-likeness (QED) is 0.772. The van der Waals surface area contributed by atoms with Crippen molar-refractivity contribution in [2.75, 3.05) is 30.8 Å². The molecule has 0 radical (unpaired) electrons. The maximum Gasteiger partial charge on any atom is 0.151 e. The lowest BCUT2D eigenvalue weighted by Crippen LogP contribution is -2.46. The summed E-state index contributed by atoms with van der Waals surface area (Å²) in [4.78, 5) is 13.8. The van der Waals surface area contributed by atoms with Crippen molar-refractivity contribution < 1.29 is 0 Å². The minimum atomic E-state index is 0.419. The zero-order chi connectivity index (χ0) is 17.9. The number of anilines is 2. The molecule has 0 unspecified atom stereocenters. The second-order valence-electron chi connectivity index (χ2n) is 6.78. The van der Waals surface area contributed by atoms with Crippen molar-refractivity contribution in [1.29, 1.82) is 0 Å². The predicted molar refractivity (Wildman–Crippen MR) is 103 cm³/mol. The number of aromatic nitrogens is 4. The Morgan fingerprint density at radius 2 is 2.08 bits per heavy atom. The third-order valence-corrected chi connectivity index (χ3v) is 4.97. The molecule has 1 fully saturated rings. The van der Waals surface area contributed by atoms with Gasteiger partial charge in [-0.05, 0) is 44.2 Å². The van der Waals surface area contributed by atoms with Gasteiger partial charge in [0.1, 0.15) is 11.6 Å². The zero-order valence-corrected chi connectivity index (χ0v) is 14.9. The number of likely N-dealkylation sites (N-methyl/N-ethyl adjacent to an activating group) is 1. The maximum absolute atomic E-state index is 6.12. The highest BCUT2D eigenvalue weighted by Crippen LogP contribution is 2.22. The minimum Gasteiger partial charge on any atom is -0.383 e. The lowest BCUT2D eigenvalue weighted by Gasteiger charge is -2.37. The van der Waals surface area contributed by atoms with Crippen molar-refractivity contribution in [3.63, 3.8) is 0 Å². The fraction of sp³-hybridized carbons (Fsp3) is 0.368. The lowest BCUT2D eigenvalue weighted by molar-refractivity contribution is 0.203. The highest BCUT2D eigenvalue weighted by Gasteiger charge is 2.24. The number of para-hydroxylation sites is 1. The van der Waals surface area contributed by atoms with E-state index >= 15 is 0 Å². The van der Waals surface area contributed by atoms with Crippen LogP contribution in [0.1, 0.15) is 18.7 Å². The molecule has 134 valence electrons. The third-order valence-electron chi connectivity index (χ3n) is 4.97. The number of hydrogen-bond acceptors (Lipinski definition) is 7. The van der Waals surface area contributed by atoms with Crippen LogP contribution in [-0.2, 0) is 6.54 Å². The van der Waals surface area contributed by atoms with Gasteiger partial charge in [-0.15, -0.1) is 5.10 Å². The Hall–Kier alpha value is -2.80. The number of hydrogen-bond donors (Lipinski definition) is 1. The highest BCUT2D eigenvalue weighted by molar-refractivity contribution is 5.87. The van der Waals surface area contributed by atoms with Crippen LogP contribution in [0, 0.1) is 0 Å². The molecule has 0 aliphatic carbocycles. The van der Waals surface area contributed by atoms with E-state index in [1.165, 1.54) is 0 Å².